The molecule has 2 aromatic heterocycles. The highest BCUT2D eigenvalue weighted by Crippen LogP contribution is 2.17. The van der Waals surface area contributed by atoms with E-state index in [1.54, 1.807) is 11.9 Å². The second kappa shape index (κ2) is 5.64. The molecule has 3 rings (SSSR count). The third-order valence-electron chi connectivity index (χ3n) is 3.99. The predicted octanol–water partition coefficient (Wildman–Crippen LogP) is 3.48. The standard InChI is InChI=1S/C18H19N3O/c1-4-16-13(2)21-12-14(10-11-17(21)19-16)18(22)20(3)15-8-6-5-7-9-15/h5-12H,4H2,1-3H3. The number of carbonyl (C=O) groups is 1. The SMILES string of the molecule is CCc1nc2ccc(C(=O)N(C)c3ccccc3)cn2c1C. The van der Waals surface area contributed by atoms with Gasteiger partial charge in [-0.25, -0.2) is 4.98 Å². The topological polar surface area (TPSA) is 37.6 Å². The fourth-order valence-corrected chi connectivity index (χ4v) is 2.63. The highest BCUT2D eigenvalue weighted by Gasteiger charge is 2.15. The third kappa shape index (κ3) is 2.37. The normalized spacial score (nSPS) is 10.9. The number of rotatable bonds is 3. The van der Waals surface area contributed by atoms with Gasteiger partial charge in [-0.3, -0.25) is 4.79 Å². The summed E-state index contributed by atoms with van der Waals surface area (Å²) in [5.74, 6) is -0.0285. The molecule has 0 aliphatic carbocycles. The molecule has 0 spiro atoms. The molecule has 0 N–H and O–H groups in total. The Bertz CT molecular complexity index is 821. The van der Waals surface area contributed by atoms with E-state index in [0.29, 0.717) is 5.56 Å². The smallest absolute Gasteiger partial charge is 0.259 e. The van der Waals surface area contributed by atoms with Crippen molar-refractivity contribution in [3.63, 3.8) is 0 Å². The average molecular weight is 293 g/mol. The van der Waals surface area contributed by atoms with Crippen LogP contribution < -0.4 is 4.90 Å². The van der Waals surface area contributed by atoms with E-state index in [-0.39, 0.29) is 5.91 Å². The number of fused-ring (bicyclic) bond motifs is 1. The summed E-state index contributed by atoms with van der Waals surface area (Å²) in [6.07, 6.45) is 2.76. The molecular formula is C18H19N3O. The maximum Gasteiger partial charge on any atom is 0.259 e. The van der Waals surface area contributed by atoms with Gasteiger partial charge in [0, 0.05) is 24.6 Å². The molecule has 0 atom stereocenters. The van der Waals surface area contributed by atoms with Gasteiger partial charge in [-0.2, -0.15) is 0 Å². The zero-order valence-corrected chi connectivity index (χ0v) is 13.1. The molecule has 3 aromatic rings. The molecule has 1 amide bonds. The molecule has 2 heterocycles. The molecule has 4 nitrogen and oxygen atoms in total. The minimum Gasteiger partial charge on any atom is -0.311 e. The lowest BCUT2D eigenvalue weighted by Crippen LogP contribution is -2.26. The number of nitrogens with zero attached hydrogens (tertiary/aromatic N) is 3. The third-order valence-corrected chi connectivity index (χ3v) is 3.99. The van der Waals surface area contributed by atoms with Crippen molar-refractivity contribution in [1.82, 2.24) is 9.38 Å². The van der Waals surface area contributed by atoms with E-state index in [4.69, 9.17) is 0 Å². The maximum atomic E-state index is 12.7. The Morgan fingerprint density at radius 3 is 2.59 bits per heavy atom. The maximum absolute atomic E-state index is 12.7. The summed E-state index contributed by atoms with van der Waals surface area (Å²) in [6, 6.07) is 13.4. The van der Waals surface area contributed by atoms with Crippen LogP contribution >= 0.6 is 0 Å². The predicted molar refractivity (Wildman–Crippen MR) is 88.5 cm³/mol. The Morgan fingerprint density at radius 2 is 1.91 bits per heavy atom. The van der Waals surface area contributed by atoms with Crippen LogP contribution in [0, 0.1) is 6.92 Å². The van der Waals surface area contributed by atoms with Crippen molar-refractivity contribution >= 4 is 17.2 Å². The van der Waals surface area contributed by atoms with Crippen molar-refractivity contribution in [3.8, 4) is 0 Å². The Labute approximate surface area is 130 Å². The minimum atomic E-state index is -0.0285. The van der Waals surface area contributed by atoms with Gasteiger partial charge >= 0.3 is 0 Å². The summed E-state index contributed by atoms with van der Waals surface area (Å²) >= 11 is 0. The Kier molecular flexibility index (Phi) is 3.67. The van der Waals surface area contributed by atoms with E-state index in [1.807, 2.05) is 60.0 Å². The van der Waals surface area contributed by atoms with Gasteiger partial charge in [0.05, 0.1) is 11.3 Å². The molecule has 0 bridgehead atoms. The van der Waals surface area contributed by atoms with Crippen molar-refractivity contribution in [2.75, 3.05) is 11.9 Å². The summed E-state index contributed by atoms with van der Waals surface area (Å²) in [5, 5.41) is 0. The molecule has 0 saturated heterocycles. The van der Waals surface area contributed by atoms with E-state index in [1.165, 1.54) is 0 Å². The number of aryl methyl sites for hydroxylation is 2. The van der Waals surface area contributed by atoms with Gasteiger partial charge in [-0.1, -0.05) is 25.1 Å². The summed E-state index contributed by atoms with van der Waals surface area (Å²) < 4.78 is 1.99. The zero-order valence-electron chi connectivity index (χ0n) is 13.1. The van der Waals surface area contributed by atoms with Crippen molar-refractivity contribution in [3.05, 3.63) is 65.6 Å². The second-order valence-electron chi connectivity index (χ2n) is 5.34. The first kappa shape index (κ1) is 14.3. The van der Waals surface area contributed by atoms with E-state index in [9.17, 15) is 4.79 Å². The summed E-state index contributed by atoms with van der Waals surface area (Å²) in [7, 11) is 1.79. The minimum absolute atomic E-state index is 0.0285. The monoisotopic (exact) mass is 293 g/mol. The number of hydrogen-bond donors (Lipinski definition) is 0. The molecule has 0 radical (unpaired) electrons. The number of aromatic nitrogens is 2. The highest BCUT2D eigenvalue weighted by atomic mass is 16.2. The van der Waals surface area contributed by atoms with Crippen molar-refractivity contribution in [2.24, 2.45) is 0 Å². The lowest BCUT2D eigenvalue weighted by Gasteiger charge is -2.17. The summed E-state index contributed by atoms with van der Waals surface area (Å²) in [5.41, 5.74) is 4.58. The molecule has 0 unspecified atom stereocenters. The molecule has 1 aromatic carbocycles. The number of hydrogen-bond acceptors (Lipinski definition) is 2. The second-order valence-corrected chi connectivity index (χ2v) is 5.34. The number of para-hydroxylation sites is 1. The number of anilines is 1. The van der Waals surface area contributed by atoms with Gasteiger partial charge in [0.1, 0.15) is 5.65 Å². The number of amides is 1. The summed E-state index contributed by atoms with van der Waals surface area (Å²) in [4.78, 5) is 18.9. The molecule has 0 fully saturated rings. The van der Waals surface area contributed by atoms with Crippen LogP contribution in [0.25, 0.3) is 5.65 Å². The van der Waals surface area contributed by atoms with Crippen LogP contribution in [0.1, 0.15) is 28.7 Å². The number of carbonyl (C=O) groups excluding carboxylic acids is 1. The van der Waals surface area contributed by atoms with Gasteiger partial charge in [0.2, 0.25) is 0 Å². The van der Waals surface area contributed by atoms with Crippen LogP contribution in [0.3, 0.4) is 0 Å². The molecular weight excluding hydrogens is 274 g/mol. The van der Waals surface area contributed by atoms with Gasteiger partial charge in [-0.15, -0.1) is 0 Å². The molecule has 0 aliphatic rings. The van der Waals surface area contributed by atoms with E-state index < -0.39 is 0 Å². The quantitative estimate of drug-likeness (QED) is 0.741. The fourth-order valence-electron chi connectivity index (χ4n) is 2.63. The molecule has 112 valence electrons. The van der Waals surface area contributed by atoms with Crippen molar-refractivity contribution in [1.29, 1.82) is 0 Å². The number of benzene rings is 1. The van der Waals surface area contributed by atoms with E-state index in [0.717, 1.165) is 29.1 Å². The summed E-state index contributed by atoms with van der Waals surface area (Å²) in [6.45, 7) is 4.12. The first-order valence-corrected chi connectivity index (χ1v) is 7.42. The number of imidazole rings is 1. The average Bonchev–Trinajstić information content (AvgIpc) is 2.90. The number of pyridine rings is 1. The first-order chi connectivity index (χ1) is 10.6. The molecule has 22 heavy (non-hydrogen) atoms. The molecule has 4 heteroatoms. The van der Waals surface area contributed by atoms with Gasteiger partial charge in [0.25, 0.3) is 5.91 Å². The molecule has 0 aliphatic heterocycles. The van der Waals surface area contributed by atoms with Crippen LogP contribution in [0.5, 0.6) is 0 Å². The lowest BCUT2D eigenvalue weighted by molar-refractivity contribution is 0.0992. The molecule has 0 saturated carbocycles. The van der Waals surface area contributed by atoms with Crippen LogP contribution in [0.15, 0.2) is 48.7 Å². The van der Waals surface area contributed by atoms with E-state index in [2.05, 4.69) is 11.9 Å². The van der Waals surface area contributed by atoms with Crippen molar-refractivity contribution in [2.45, 2.75) is 20.3 Å². The van der Waals surface area contributed by atoms with Gasteiger partial charge in [-0.05, 0) is 37.6 Å². The van der Waals surface area contributed by atoms with Gasteiger partial charge in [0.15, 0.2) is 0 Å². The highest BCUT2D eigenvalue weighted by molar-refractivity contribution is 6.05. The van der Waals surface area contributed by atoms with Crippen LogP contribution in [-0.2, 0) is 6.42 Å². The zero-order chi connectivity index (χ0) is 15.7. The van der Waals surface area contributed by atoms with Crippen LogP contribution in [0.2, 0.25) is 0 Å². The lowest BCUT2D eigenvalue weighted by atomic mass is 10.2. The van der Waals surface area contributed by atoms with Gasteiger partial charge < -0.3 is 9.30 Å². The van der Waals surface area contributed by atoms with E-state index >= 15 is 0 Å². The Morgan fingerprint density at radius 1 is 1.18 bits per heavy atom. The largest absolute Gasteiger partial charge is 0.311 e. The Balaban J connectivity index is 1.99. The first-order valence-electron chi connectivity index (χ1n) is 7.42. The van der Waals surface area contributed by atoms with Crippen molar-refractivity contribution < 1.29 is 4.79 Å². The van der Waals surface area contributed by atoms with Crippen LogP contribution in [0.4, 0.5) is 5.69 Å². The Hall–Kier alpha value is -2.62. The van der Waals surface area contributed by atoms with Crippen LogP contribution in [-0.4, -0.2) is 22.3 Å². The fraction of sp³-hybridized carbons (Fsp3) is 0.222.